The van der Waals surface area contributed by atoms with E-state index in [2.05, 4.69) is 4.98 Å². The molecule has 0 aliphatic rings. The predicted molar refractivity (Wildman–Crippen MR) is 70.5 cm³/mol. The van der Waals surface area contributed by atoms with Gasteiger partial charge in [0.15, 0.2) is 0 Å². The van der Waals surface area contributed by atoms with Gasteiger partial charge < -0.3 is 10.5 Å². The fourth-order valence-corrected chi connectivity index (χ4v) is 3.10. The Morgan fingerprint density at radius 2 is 2.24 bits per heavy atom. The highest BCUT2D eigenvalue weighted by molar-refractivity contribution is 7.16. The highest BCUT2D eigenvalue weighted by Crippen LogP contribution is 2.35. The van der Waals surface area contributed by atoms with Gasteiger partial charge >= 0.3 is 5.97 Å². The average Bonchev–Trinajstić information content (AvgIpc) is 2.85. The summed E-state index contributed by atoms with van der Waals surface area (Å²) in [6.07, 6.45) is 0. The molecule has 4 nitrogen and oxygen atoms in total. The number of nitrogens with two attached hydrogens (primary N) is 1. The first-order valence-electron chi connectivity index (χ1n) is 5.10. The van der Waals surface area contributed by atoms with E-state index in [4.69, 9.17) is 10.5 Å². The van der Waals surface area contributed by atoms with Gasteiger partial charge in [0.25, 0.3) is 0 Å². The molecule has 2 aromatic heterocycles. The fraction of sp³-hybridized carbons (Fsp3) is 0.273. The van der Waals surface area contributed by atoms with Gasteiger partial charge in [-0.05, 0) is 13.8 Å². The number of carbonyl (C=O) groups is 1. The molecule has 6 heteroatoms. The van der Waals surface area contributed by atoms with Crippen molar-refractivity contribution in [3.05, 3.63) is 22.0 Å². The molecule has 0 unspecified atom stereocenters. The molecule has 17 heavy (non-hydrogen) atoms. The van der Waals surface area contributed by atoms with Gasteiger partial charge in [0.05, 0.1) is 6.61 Å². The second kappa shape index (κ2) is 4.85. The summed E-state index contributed by atoms with van der Waals surface area (Å²) in [7, 11) is 0. The second-order valence-electron chi connectivity index (χ2n) is 3.40. The minimum Gasteiger partial charge on any atom is -0.462 e. The smallest absolute Gasteiger partial charge is 0.341 e. The Bertz CT molecular complexity index is 545. The van der Waals surface area contributed by atoms with Crippen LogP contribution in [0.3, 0.4) is 0 Å². The van der Waals surface area contributed by atoms with Crippen LogP contribution in [0.4, 0.5) is 5.00 Å². The molecule has 0 saturated carbocycles. The van der Waals surface area contributed by atoms with Crippen molar-refractivity contribution in [3.8, 4) is 10.6 Å². The maximum atomic E-state index is 11.8. The van der Waals surface area contributed by atoms with Crippen molar-refractivity contribution in [2.75, 3.05) is 12.3 Å². The van der Waals surface area contributed by atoms with Gasteiger partial charge in [0.1, 0.15) is 15.6 Å². The number of thiophene rings is 1. The molecule has 90 valence electrons. The fourth-order valence-electron chi connectivity index (χ4n) is 1.42. The second-order valence-corrected chi connectivity index (χ2v) is 5.17. The van der Waals surface area contributed by atoms with E-state index in [1.54, 1.807) is 6.92 Å². The average molecular weight is 268 g/mol. The van der Waals surface area contributed by atoms with E-state index >= 15 is 0 Å². The molecule has 0 aliphatic heterocycles. The van der Waals surface area contributed by atoms with Crippen molar-refractivity contribution in [1.82, 2.24) is 4.98 Å². The first kappa shape index (κ1) is 12.1. The first-order chi connectivity index (χ1) is 8.13. The van der Waals surface area contributed by atoms with Crippen LogP contribution >= 0.6 is 22.7 Å². The van der Waals surface area contributed by atoms with Crippen LogP contribution in [0.1, 0.15) is 23.0 Å². The molecule has 0 spiro atoms. The molecule has 0 atom stereocenters. The van der Waals surface area contributed by atoms with Crippen LogP contribution < -0.4 is 5.73 Å². The first-order valence-corrected chi connectivity index (χ1v) is 6.86. The Morgan fingerprint density at radius 3 is 2.82 bits per heavy atom. The van der Waals surface area contributed by atoms with E-state index < -0.39 is 0 Å². The van der Waals surface area contributed by atoms with E-state index in [9.17, 15) is 4.79 Å². The summed E-state index contributed by atoms with van der Waals surface area (Å²) in [5, 5.41) is 5.07. The molecular weight excluding hydrogens is 256 g/mol. The summed E-state index contributed by atoms with van der Waals surface area (Å²) in [5.74, 6) is -0.380. The standard InChI is InChI=1S/C11H12N2O2S2/c1-3-15-11(14)8-7(5-16-9(8)12)10-13-6(2)4-17-10/h4-5H,3,12H2,1-2H3. The topological polar surface area (TPSA) is 65.2 Å². The number of thiazole rings is 1. The van der Waals surface area contributed by atoms with Crippen molar-refractivity contribution in [1.29, 1.82) is 0 Å². The molecular formula is C11H12N2O2S2. The zero-order valence-corrected chi connectivity index (χ0v) is 11.2. The third-order valence-corrected chi connectivity index (χ3v) is 3.95. The highest BCUT2D eigenvalue weighted by atomic mass is 32.1. The number of carbonyl (C=O) groups excluding carboxylic acids is 1. The van der Waals surface area contributed by atoms with Gasteiger partial charge in [0, 0.05) is 22.0 Å². The molecule has 2 aromatic rings. The maximum Gasteiger partial charge on any atom is 0.341 e. The van der Waals surface area contributed by atoms with Crippen LogP contribution in [0.15, 0.2) is 10.8 Å². The molecule has 0 amide bonds. The Morgan fingerprint density at radius 1 is 1.47 bits per heavy atom. The minimum absolute atomic E-state index is 0.338. The van der Waals surface area contributed by atoms with Crippen LogP contribution in [-0.2, 0) is 4.74 Å². The molecule has 0 fully saturated rings. The monoisotopic (exact) mass is 268 g/mol. The lowest BCUT2D eigenvalue weighted by Gasteiger charge is -2.02. The molecule has 0 aromatic carbocycles. The lowest BCUT2D eigenvalue weighted by molar-refractivity contribution is 0.0529. The summed E-state index contributed by atoms with van der Waals surface area (Å²) in [6.45, 7) is 4.03. The number of nitrogens with zero attached hydrogens (tertiary/aromatic N) is 1. The number of hydrogen-bond acceptors (Lipinski definition) is 6. The molecule has 2 N–H and O–H groups in total. The third-order valence-electron chi connectivity index (χ3n) is 2.15. The van der Waals surface area contributed by atoms with Crippen molar-refractivity contribution in [2.24, 2.45) is 0 Å². The Kier molecular flexibility index (Phi) is 3.44. The number of anilines is 1. The SMILES string of the molecule is CCOC(=O)c1c(-c2nc(C)cs2)csc1N. The van der Waals surface area contributed by atoms with E-state index in [0.29, 0.717) is 17.2 Å². The number of rotatable bonds is 3. The molecule has 2 rings (SSSR count). The van der Waals surface area contributed by atoms with Gasteiger partial charge in [0.2, 0.25) is 0 Å². The lowest BCUT2D eigenvalue weighted by atomic mass is 10.2. The predicted octanol–water partition coefficient (Wildman–Crippen LogP) is 2.94. The van der Waals surface area contributed by atoms with E-state index in [0.717, 1.165) is 16.3 Å². The van der Waals surface area contributed by atoms with Crippen molar-refractivity contribution in [3.63, 3.8) is 0 Å². The van der Waals surface area contributed by atoms with E-state index in [1.807, 2.05) is 17.7 Å². The number of aryl methyl sites for hydroxylation is 1. The Balaban J connectivity index is 2.45. The lowest BCUT2D eigenvalue weighted by Crippen LogP contribution is -2.07. The van der Waals surface area contributed by atoms with Crippen LogP contribution in [0, 0.1) is 6.92 Å². The van der Waals surface area contributed by atoms with Crippen molar-refractivity contribution >= 4 is 33.6 Å². The van der Waals surface area contributed by atoms with Gasteiger partial charge in [-0.3, -0.25) is 0 Å². The summed E-state index contributed by atoms with van der Waals surface area (Å²) in [6, 6.07) is 0. The summed E-state index contributed by atoms with van der Waals surface area (Å²) >= 11 is 2.83. The Labute approximate surface area is 107 Å². The van der Waals surface area contributed by atoms with Gasteiger partial charge in [-0.2, -0.15) is 0 Å². The zero-order valence-electron chi connectivity index (χ0n) is 9.52. The quantitative estimate of drug-likeness (QED) is 0.869. The van der Waals surface area contributed by atoms with Crippen LogP contribution in [-0.4, -0.2) is 17.6 Å². The zero-order chi connectivity index (χ0) is 12.4. The molecule has 0 bridgehead atoms. The van der Waals surface area contributed by atoms with Crippen LogP contribution in [0.5, 0.6) is 0 Å². The van der Waals surface area contributed by atoms with Gasteiger partial charge in [-0.15, -0.1) is 22.7 Å². The summed E-state index contributed by atoms with van der Waals surface area (Å²) in [5.41, 5.74) is 7.95. The van der Waals surface area contributed by atoms with Gasteiger partial charge in [-0.25, -0.2) is 9.78 Å². The largest absolute Gasteiger partial charge is 0.462 e. The molecule has 0 radical (unpaired) electrons. The number of esters is 1. The number of hydrogen-bond donors (Lipinski definition) is 1. The van der Waals surface area contributed by atoms with E-state index in [1.165, 1.54) is 22.7 Å². The highest BCUT2D eigenvalue weighted by Gasteiger charge is 2.21. The number of ether oxygens (including phenoxy) is 1. The van der Waals surface area contributed by atoms with Gasteiger partial charge in [-0.1, -0.05) is 0 Å². The molecule has 2 heterocycles. The van der Waals surface area contributed by atoms with Crippen molar-refractivity contribution in [2.45, 2.75) is 13.8 Å². The minimum atomic E-state index is -0.380. The van der Waals surface area contributed by atoms with Crippen molar-refractivity contribution < 1.29 is 9.53 Å². The van der Waals surface area contributed by atoms with Crippen LogP contribution in [0.2, 0.25) is 0 Å². The Hall–Kier alpha value is -1.40. The van der Waals surface area contributed by atoms with E-state index in [-0.39, 0.29) is 5.97 Å². The van der Waals surface area contributed by atoms with Crippen LogP contribution in [0.25, 0.3) is 10.6 Å². The normalized spacial score (nSPS) is 10.5. The summed E-state index contributed by atoms with van der Waals surface area (Å²) in [4.78, 5) is 16.2. The third kappa shape index (κ3) is 2.32. The number of aromatic nitrogens is 1. The molecule has 0 aliphatic carbocycles. The summed E-state index contributed by atoms with van der Waals surface area (Å²) < 4.78 is 5.00. The maximum absolute atomic E-state index is 11.8. The molecule has 0 saturated heterocycles. The number of nitrogen functional groups attached to an aromatic ring is 1.